The second-order valence-corrected chi connectivity index (χ2v) is 6.58. The molecular weight excluding hydrogens is 290 g/mol. The summed E-state index contributed by atoms with van der Waals surface area (Å²) >= 11 is 0. The smallest absolute Gasteiger partial charge is 0.272 e. The summed E-state index contributed by atoms with van der Waals surface area (Å²) in [7, 11) is 0. The van der Waals surface area contributed by atoms with Gasteiger partial charge in [0.1, 0.15) is 11.5 Å². The maximum Gasteiger partial charge on any atom is 0.272 e. The number of carbonyl (C=O) groups is 1. The Hall–Kier alpha value is -2.24. The lowest BCUT2D eigenvalue weighted by molar-refractivity contribution is 0.0705. The predicted octanol–water partition coefficient (Wildman–Crippen LogP) is 2.41. The van der Waals surface area contributed by atoms with Crippen molar-refractivity contribution in [2.75, 3.05) is 13.1 Å². The van der Waals surface area contributed by atoms with Gasteiger partial charge in [0.05, 0.1) is 0 Å². The number of hydrogen-bond donors (Lipinski definition) is 1. The molecule has 6 heteroatoms. The molecule has 3 heterocycles. The van der Waals surface area contributed by atoms with E-state index in [2.05, 4.69) is 20.2 Å². The van der Waals surface area contributed by atoms with E-state index in [0.29, 0.717) is 17.5 Å². The van der Waals surface area contributed by atoms with E-state index in [4.69, 9.17) is 0 Å². The van der Waals surface area contributed by atoms with Crippen LogP contribution >= 0.6 is 0 Å². The van der Waals surface area contributed by atoms with E-state index in [-0.39, 0.29) is 5.91 Å². The number of aromatic nitrogens is 4. The molecule has 4 rings (SSSR count). The van der Waals surface area contributed by atoms with Crippen molar-refractivity contribution in [1.29, 1.82) is 0 Å². The Labute approximate surface area is 135 Å². The van der Waals surface area contributed by atoms with E-state index in [1.807, 2.05) is 24.0 Å². The zero-order valence-electron chi connectivity index (χ0n) is 13.3. The Morgan fingerprint density at radius 2 is 1.91 bits per heavy atom. The number of pyridine rings is 1. The molecule has 0 aromatic carbocycles. The van der Waals surface area contributed by atoms with E-state index in [9.17, 15) is 4.79 Å². The van der Waals surface area contributed by atoms with Crippen LogP contribution in [-0.2, 0) is 0 Å². The molecule has 0 radical (unpaired) electrons. The second-order valence-electron chi connectivity index (χ2n) is 6.58. The van der Waals surface area contributed by atoms with Crippen molar-refractivity contribution in [3.05, 3.63) is 41.2 Å². The highest BCUT2D eigenvalue weighted by Gasteiger charge is 2.31. The topological polar surface area (TPSA) is 74.8 Å². The van der Waals surface area contributed by atoms with Crippen LogP contribution < -0.4 is 0 Å². The van der Waals surface area contributed by atoms with Crippen molar-refractivity contribution < 1.29 is 4.79 Å². The van der Waals surface area contributed by atoms with E-state index in [1.165, 1.54) is 12.8 Å². The molecule has 0 atom stereocenters. The van der Waals surface area contributed by atoms with Crippen LogP contribution in [0.3, 0.4) is 0 Å². The Kier molecular flexibility index (Phi) is 3.59. The normalized spacial score (nSPS) is 19.1. The number of aromatic amines is 1. The molecule has 1 amide bonds. The molecule has 1 aliphatic carbocycles. The third-order valence-corrected chi connectivity index (χ3v) is 4.74. The second kappa shape index (κ2) is 5.76. The van der Waals surface area contributed by atoms with Crippen LogP contribution in [0, 0.1) is 6.92 Å². The molecule has 6 nitrogen and oxygen atoms in total. The number of nitrogens with one attached hydrogen (secondary N) is 1. The van der Waals surface area contributed by atoms with Gasteiger partial charge < -0.3 is 4.90 Å². The standard InChI is InChI=1S/C17H21N5O/c1-11-3-2-4-14(18-11)17(23)22-9-7-13(8-10-22)16-19-15(20-21-16)12-5-6-12/h2-4,12-13H,5-10H2,1H3,(H,19,20,21). The minimum atomic E-state index is 0.0309. The summed E-state index contributed by atoms with van der Waals surface area (Å²) in [6, 6.07) is 5.58. The summed E-state index contributed by atoms with van der Waals surface area (Å²) < 4.78 is 0. The molecule has 0 spiro atoms. The lowest BCUT2D eigenvalue weighted by atomic mass is 9.96. The molecule has 0 unspecified atom stereocenters. The fraction of sp³-hybridized carbons (Fsp3) is 0.529. The number of nitrogens with zero attached hydrogens (tertiary/aromatic N) is 4. The number of carbonyl (C=O) groups excluding carboxylic acids is 1. The molecule has 2 aromatic rings. The number of aryl methyl sites for hydroxylation is 1. The molecule has 1 N–H and O–H groups in total. The zero-order chi connectivity index (χ0) is 15.8. The van der Waals surface area contributed by atoms with Gasteiger partial charge in [0.15, 0.2) is 5.82 Å². The molecule has 2 aliphatic rings. The van der Waals surface area contributed by atoms with Crippen LogP contribution in [-0.4, -0.2) is 44.1 Å². The predicted molar refractivity (Wildman–Crippen MR) is 85.2 cm³/mol. The van der Waals surface area contributed by atoms with Gasteiger partial charge in [-0.15, -0.1) is 0 Å². The SMILES string of the molecule is Cc1cccc(C(=O)N2CCC(c3nc(C4CC4)n[nH]3)CC2)n1. The van der Waals surface area contributed by atoms with E-state index >= 15 is 0 Å². The van der Waals surface area contributed by atoms with E-state index < -0.39 is 0 Å². The van der Waals surface area contributed by atoms with E-state index in [1.54, 1.807) is 6.07 Å². The summed E-state index contributed by atoms with van der Waals surface area (Å²) in [5, 5.41) is 7.44. The van der Waals surface area contributed by atoms with Gasteiger partial charge in [-0.2, -0.15) is 5.10 Å². The monoisotopic (exact) mass is 311 g/mol. The van der Waals surface area contributed by atoms with Crippen LogP contribution in [0.5, 0.6) is 0 Å². The highest BCUT2D eigenvalue weighted by molar-refractivity contribution is 5.92. The summed E-state index contributed by atoms with van der Waals surface area (Å²) in [5.41, 5.74) is 1.42. The maximum absolute atomic E-state index is 12.5. The Bertz CT molecular complexity index is 713. The van der Waals surface area contributed by atoms with Gasteiger partial charge in [-0.25, -0.2) is 9.97 Å². The first-order chi connectivity index (χ1) is 11.2. The minimum absolute atomic E-state index is 0.0309. The third-order valence-electron chi connectivity index (χ3n) is 4.74. The van der Waals surface area contributed by atoms with Gasteiger partial charge in [-0.05, 0) is 44.7 Å². The van der Waals surface area contributed by atoms with Gasteiger partial charge >= 0.3 is 0 Å². The average molecular weight is 311 g/mol. The molecule has 1 aliphatic heterocycles. The van der Waals surface area contributed by atoms with Crippen molar-refractivity contribution >= 4 is 5.91 Å². The molecule has 23 heavy (non-hydrogen) atoms. The Morgan fingerprint density at radius 1 is 1.13 bits per heavy atom. The molecule has 1 saturated carbocycles. The maximum atomic E-state index is 12.5. The fourth-order valence-corrected chi connectivity index (χ4v) is 3.17. The van der Waals surface area contributed by atoms with Crippen molar-refractivity contribution in [3.63, 3.8) is 0 Å². The molecule has 1 saturated heterocycles. The van der Waals surface area contributed by atoms with Crippen LogP contribution in [0.2, 0.25) is 0 Å². The summed E-state index contributed by atoms with van der Waals surface area (Å²) in [5.74, 6) is 2.96. The molecule has 2 aromatic heterocycles. The Morgan fingerprint density at radius 3 is 2.61 bits per heavy atom. The van der Waals surface area contributed by atoms with Crippen molar-refractivity contribution in [2.24, 2.45) is 0 Å². The number of amides is 1. The van der Waals surface area contributed by atoms with Gasteiger partial charge in [0, 0.05) is 30.6 Å². The van der Waals surface area contributed by atoms with Crippen LogP contribution in [0.25, 0.3) is 0 Å². The first kappa shape index (κ1) is 14.4. The van der Waals surface area contributed by atoms with Crippen molar-refractivity contribution in [1.82, 2.24) is 25.1 Å². The Balaban J connectivity index is 1.39. The lowest BCUT2D eigenvalue weighted by Gasteiger charge is -2.30. The van der Waals surface area contributed by atoms with Crippen LogP contribution in [0.4, 0.5) is 0 Å². The largest absolute Gasteiger partial charge is 0.337 e. The zero-order valence-corrected chi connectivity index (χ0v) is 13.3. The molecule has 120 valence electrons. The number of piperidine rings is 1. The molecule has 2 fully saturated rings. The summed E-state index contributed by atoms with van der Waals surface area (Å²) in [6.07, 6.45) is 4.29. The van der Waals surface area contributed by atoms with Crippen molar-refractivity contribution in [3.8, 4) is 0 Å². The van der Waals surface area contributed by atoms with E-state index in [0.717, 1.165) is 43.3 Å². The lowest BCUT2D eigenvalue weighted by Crippen LogP contribution is -2.38. The van der Waals surface area contributed by atoms with Gasteiger partial charge in [0.2, 0.25) is 0 Å². The number of rotatable bonds is 3. The average Bonchev–Trinajstić information content (AvgIpc) is 3.32. The minimum Gasteiger partial charge on any atom is -0.337 e. The number of hydrogen-bond acceptors (Lipinski definition) is 4. The highest BCUT2D eigenvalue weighted by Crippen LogP contribution is 2.38. The van der Waals surface area contributed by atoms with Crippen LogP contribution in [0.1, 0.15) is 65.4 Å². The number of likely N-dealkylation sites (tertiary alicyclic amines) is 1. The van der Waals surface area contributed by atoms with Crippen molar-refractivity contribution in [2.45, 2.75) is 44.4 Å². The van der Waals surface area contributed by atoms with Gasteiger partial charge in [-0.1, -0.05) is 6.07 Å². The molecule has 0 bridgehead atoms. The summed E-state index contributed by atoms with van der Waals surface area (Å²) in [6.45, 7) is 3.40. The highest BCUT2D eigenvalue weighted by atomic mass is 16.2. The quantitative estimate of drug-likeness (QED) is 0.944. The first-order valence-electron chi connectivity index (χ1n) is 8.36. The van der Waals surface area contributed by atoms with Gasteiger partial charge in [0.25, 0.3) is 5.91 Å². The van der Waals surface area contributed by atoms with Crippen LogP contribution in [0.15, 0.2) is 18.2 Å². The fourth-order valence-electron chi connectivity index (χ4n) is 3.17. The third kappa shape index (κ3) is 2.98. The summed E-state index contributed by atoms with van der Waals surface area (Å²) in [4.78, 5) is 23.4. The number of H-pyrrole nitrogens is 1. The first-order valence-corrected chi connectivity index (χ1v) is 8.36. The van der Waals surface area contributed by atoms with Gasteiger partial charge in [-0.3, -0.25) is 9.89 Å². The molecular formula is C17H21N5O.